The Balaban J connectivity index is 0.000000224. The lowest BCUT2D eigenvalue weighted by atomic mass is 10.1. The van der Waals surface area contributed by atoms with Crippen LogP contribution in [0.15, 0.2) is 58.1 Å². The largest absolute Gasteiger partial charge is 0.476 e. The van der Waals surface area contributed by atoms with E-state index in [1.165, 1.54) is 81.5 Å². The van der Waals surface area contributed by atoms with Gasteiger partial charge in [0.2, 0.25) is 0 Å². The van der Waals surface area contributed by atoms with Crippen molar-refractivity contribution in [2.45, 2.75) is 71.0 Å². The third-order valence-corrected chi connectivity index (χ3v) is 6.45. The number of imidazole rings is 1. The normalized spacial score (nSPS) is 11.5. The molecule has 0 radical (unpaired) electrons. The number of carboxylic acid groups (broad SMARTS) is 1. The zero-order chi connectivity index (χ0) is 28.3. The van der Waals surface area contributed by atoms with E-state index in [0.717, 1.165) is 23.6 Å². The summed E-state index contributed by atoms with van der Waals surface area (Å²) in [6.07, 6.45) is 12.4. The van der Waals surface area contributed by atoms with E-state index in [1.807, 2.05) is 6.07 Å². The lowest BCUT2D eigenvalue weighted by Gasteiger charge is -2.10. The molecule has 212 valence electrons. The fourth-order valence-corrected chi connectivity index (χ4v) is 4.30. The van der Waals surface area contributed by atoms with Crippen molar-refractivity contribution < 1.29 is 31.9 Å². The van der Waals surface area contributed by atoms with Gasteiger partial charge in [-0.3, -0.25) is 4.40 Å². The summed E-state index contributed by atoms with van der Waals surface area (Å²) in [5.74, 6) is -1.32. The second-order valence-electron chi connectivity index (χ2n) is 9.15. The van der Waals surface area contributed by atoms with Crippen molar-refractivity contribution in [3.05, 3.63) is 71.2 Å². The smallest absolute Gasteiger partial charge is 0.420 e. The van der Waals surface area contributed by atoms with Crippen LogP contribution < -0.4 is 5.32 Å². The second-order valence-corrected chi connectivity index (χ2v) is 9.51. The van der Waals surface area contributed by atoms with E-state index in [4.69, 9.17) is 25.5 Å². The molecule has 0 aliphatic rings. The molecule has 0 atom stereocenters. The maximum Gasteiger partial charge on any atom is 0.420 e. The van der Waals surface area contributed by atoms with Crippen LogP contribution in [0.3, 0.4) is 0 Å². The van der Waals surface area contributed by atoms with Gasteiger partial charge in [0, 0.05) is 23.9 Å². The average Bonchev–Trinajstić information content (AvgIpc) is 3.67. The summed E-state index contributed by atoms with van der Waals surface area (Å²) in [5.41, 5.74) is -0.990. The fraction of sp³-hybridized carbons (Fsp3) is 0.429. The van der Waals surface area contributed by atoms with Crippen LogP contribution in [0.4, 0.5) is 13.2 Å². The molecule has 0 aliphatic heterocycles. The number of fused-ring (bicyclic) bond motifs is 1. The predicted molar refractivity (Wildman–Crippen MR) is 143 cm³/mol. The highest BCUT2D eigenvalue weighted by Gasteiger charge is 2.36. The first-order valence-corrected chi connectivity index (χ1v) is 13.4. The first-order valence-electron chi connectivity index (χ1n) is 13.0. The van der Waals surface area contributed by atoms with Crippen LogP contribution in [0.25, 0.3) is 17.0 Å². The number of pyridine rings is 1. The lowest BCUT2D eigenvalue weighted by Crippen LogP contribution is -2.13. The number of hydrogen-bond donors (Lipinski definition) is 2. The van der Waals surface area contributed by atoms with Gasteiger partial charge in [-0.25, -0.2) is 9.78 Å². The van der Waals surface area contributed by atoms with Gasteiger partial charge < -0.3 is 19.3 Å². The Bertz CT molecular complexity index is 1290. The molecule has 2 N–H and O–H groups in total. The van der Waals surface area contributed by atoms with Gasteiger partial charge in [0.15, 0.2) is 11.3 Å². The minimum atomic E-state index is -4.73. The summed E-state index contributed by atoms with van der Waals surface area (Å²) < 4.78 is 50.6. The highest BCUT2D eigenvalue weighted by atomic mass is 35.5. The molecule has 0 fully saturated rings. The number of halogens is 4. The molecule has 0 saturated carbocycles. The average molecular weight is 568 g/mol. The van der Waals surface area contributed by atoms with Gasteiger partial charge in [-0.2, -0.15) is 13.2 Å². The molecule has 0 aromatic carbocycles. The monoisotopic (exact) mass is 567 g/mol. The van der Waals surface area contributed by atoms with Crippen LogP contribution in [0.5, 0.6) is 0 Å². The second kappa shape index (κ2) is 14.8. The molecule has 0 amide bonds. The molecular formula is C28H33ClF3N3O4. The Labute approximate surface area is 230 Å². The molecule has 11 heteroatoms. The molecule has 0 bridgehead atoms. The highest BCUT2D eigenvalue weighted by molar-refractivity contribution is 6.32. The number of alkyl halides is 3. The van der Waals surface area contributed by atoms with Crippen LogP contribution in [0.1, 0.15) is 79.9 Å². The molecule has 0 saturated heterocycles. The minimum Gasteiger partial charge on any atom is -0.476 e. The molecular weight excluding hydrogens is 535 g/mol. The van der Waals surface area contributed by atoms with E-state index >= 15 is 0 Å². The van der Waals surface area contributed by atoms with Crippen molar-refractivity contribution in [2.24, 2.45) is 0 Å². The number of nitrogens with one attached hydrogen (secondary N) is 1. The van der Waals surface area contributed by atoms with Gasteiger partial charge >= 0.3 is 12.1 Å². The number of carbonyl (C=O) groups is 1. The Morgan fingerprint density at radius 3 is 2.41 bits per heavy atom. The standard InChI is InChI=1S/C15H27NO.C13H6ClF3N2O3/c1-2-3-4-5-6-7-8-9-11-16-13-15-10-12-17-14-15;14-10-9(12(20)21)18-11-7(13(15,16)17)4-6(5-19(10)11)8-2-1-3-22-8/h10,12,14,16H,2-9,11,13H2,1H3;1-5H,(H,20,21). The van der Waals surface area contributed by atoms with Crippen LogP contribution in [0, 0.1) is 0 Å². The molecule has 7 nitrogen and oxygen atoms in total. The first-order chi connectivity index (χ1) is 18.7. The van der Waals surface area contributed by atoms with E-state index in [1.54, 1.807) is 12.5 Å². The Kier molecular flexibility index (Phi) is 11.5. The zero-order valence-electron chi connectivity index (χ0n) is 21.8. The molecule has 4 aromatic heterocycles. The van der Waals surface area contributed by atoms with E-state index < -0.39 is 34.2 Å². The summed E-state index contributed by atoms with van der Waals surface area (Å²) in [6.45, 7) is 4.33. The van der Waals surface area contributed by atoms with E-state index in [0.29, 0.717) is 0 Å². The Morgan fingerprint density at radius 2 is 1.82 bits per heavy atom. The maximum atomic E-state index is 13.2. The number of unbranched alkanes of at least 4 members (excludes halogenated alkanes) is 7. The van der Waals surface area contributed by atoms with E-state index in [2.05, 4.69) is 17.2 Å². The van der Waals surface area contributed by atoms with Crippen molar-refractivity contribution in [3.8, 4) is 11.3 Å². The molecule has 4 heterocycles. The number of aromatic nitrogens is 2. The van der Waals surface area contributed by atoms with Crippen molar-refractivity contribution >= 4 is 23.2 Å². The first kappa shape index (κ1) is 30.3. The third-order valence-electron chi connectivity index (χ3n) is 6.09. The van der Waals surface area contributed by atoms with Crippen molar-refractivity contribution in [2.75, 3.05) is 6.54 Å². The molecule has 0 unspecified atom stereocenters. The highest BCUT2D eigenvalue weighted by Crippen LogP contribution is 2.37. The molecule has 0 spiro atoms. The van der Waals surface area contributed by atoms with Crippen LogP contribution in [-0.2, 0) is 12.7 Å². The lowest BCUT2D eigenvalue weighted by molar-refractivity contribution is -0.136. The van der Waals surface area contributed by atoms with Crippen LogP contribution >= 0.6 is 11.6 Å². The van der Waals surface area contributed by atoms with Crippen LogP contribution in [0.2, 0.25) is 5.15 Å². The molecule has 4 rings (SSSR count). The quantitative estimate of drug-likeness (QED) is 0.157. The number of aromatic carboxylic acids is 1. The Hall–Kier alpha value is -3.24. The van der Waals surface area contributed by atoms with Crippen molar-refractivity contribution in [1.82, 2.24) is 14.7 Å². The summed E-state index contributed by atoms with van der Waals surface area (Å²) in [7, 11) is 0. The number of rotatable bonds is 13. The van der Waals surface area contributed by atoms with Gasteiger partial charge in [-0.1, -0.05) is 63.5 Å². The third kappa shape index (κ3) is 8.90. The molecule has 39 heavy (non-hydrogen) atoms. The fourth-order valence-electron chi connectivity index (χ4n) is 4.05. The van der Waals surface area contributed by atoms with Gasteiger partial charge in [-0.15, -0.1) is 0 Å². The topological polar surface area (TPSA) is 92.9 Å². The number of furan rings is 2. The van der Waals surface area contributed by atoms with Crippen LogP contribution in [-0.4, -0.2) is 27.0 Å². The summed E-state index contributed by atoms with van der Waals surface area (Å²) in [4.78, 5) is 14.5. The summed E-state index contributed by atoms with van der Waals surface area (Å²) >= 11 is 5.83. The molecule has 4 aromatic rings. The summed E-state index contributed by atoms with van der Waals surface area (Å²) in [5, 5.41) is 12.0. The molecule has 0 aliphatic carbocycles. The van der Waals surface area contributed by atoms with Gasteiger partial charge in [0.1, 0.15) is 10.9 Å². The van der Waals surface area contributed by atoms with E-state index in [9.17, 15) is 18.0 Å². The maximum absolute atomic E-state index is 13.2. The SMILES string of the molecule is CCCCCCCCCCNCc1ccoc1.O=C(O)c1nc2c(C(F)(F)F)cc(-c3ccco3)cn2c1Cl. The number of carboxylic acids is 1. The van der Waals surface area contributed by atoms with E-state index in [-0.39, 0.29) is 11.3 Å². The summed E-state index contributed by atoms with van der Waals surface area (Å²) in [6, 6.07) is 5.85. The minimum absolute atomic E-state index is 0.0982. The van der Waals surface area contributed by atoms with Gasteiger partial charge in [-0.05, 0) is 37.2 Å². The van der Waals surface area contributed by atoms with Crippen molar-refractivity contribution in [1.29, 1.82) is 0 Å². The van der Waals surface area contributed by atoms with Gasteiger partial charge in [0.05, 0.1) is 24.4 Å². The number of nitrogens with zero attached hydrogens (tertiary/aromatic N) is 2. The zero-order valence-corrected chi connectivity index (χ0v) is 22.5. The van der Waals surface area contributed by atoms with Gasteiger partial charge in [0.25, 0.3) is 0 Å². The van der Waals surface area contributed by atoms with Crippen molar-refractivity contribution in [3.63, 3.8) is 0 Å². The Morgan fingerprint density at radius 1 is 1.10 bits per heavy atom. The predicted octanol–water partition coefficient (Wildman–Crippen LogP) is 8.47. The number of hydrogen-bond acceptors (Lipinski definition) is 5.